The molecule has 4 nitrogen and oxygen atoms in total. The number of nitrogens with zero attached hydrogens (tertiary/aromatic N) is 1. The predicted octanol–water partition coefficient (Wildman–Crippen LogP) is 2.36. The molecule has 0 saturated carbocycles. The topological polar surface area (TPSA) is 58.4 Å². The number of nitrogens with one attached hydrogen (secondary N) is 1. The number of rotatable bonds is 5. The molecule has 0 spiro atoms. The van der Waals surface area contributed by atoms with Gasteiger partial charge in [0.1, 0.15) is 0 Å². The molecule has 0 aromatic heterocycles. The van der Waals surface area contributed by atoms with Crippen LogP contribution in [0.5, 0.6) is 0 Å². The number of hydrogen-bond donors (Lipinski definition) is 2. The second kappa shape index (κ2) is 7.46. The largest absolute Gasteiger partial charge is 0.399 e. The highest BCUT2D eigenvalue weighted by atomic mass is 16.1. The normalized spacial score (nSPS) is 21.0. The maximum atomic E-state index is 12.1. The zero-order chi connectivity index (χ0) is 15.2. The first-order valence-electron chi connectivity index (χ1n) is 7.88. The van der Waals surface area contributed by atoms with E-state index in [0.717, 1.165) is 24.3 Å². The van der Waals surface area contributed by atoms with E-state index >= 15 is 0 Å². The van der Waals surface area contributed by atoms with Crippen molar-refractivity contribution in [1.82, 2.24) is 10.2 Å². The van der Waals surface area contributed by atoms with E-state index in [2.05, 4.69) is 24.2 Å². The first kappa shape index (κ1) is 15.8. The highest BCUT2D eigenvalue weighted by Crippen LogP contribution is 2.20. The predicted molar refractivity (Wildman–Crippen MR) is 87.2 cm³/mol. The van der Waals surface area contributed by atoms with Crippen LogP contribution in [0.25, 0.3) is 0 Å². The van der Waals surface area contributed by atoms with Crippen LogP contribution < -0.4 is 11.1 Å². The van der Waals surface area contributed by atoms with Gasteiger partial charge in [-0.2, -0.15) is 0 Å². The fourth-order valence-corrected chi connectivity index (χ4v) is 2.93. The molecule has 1 aromatic carbocycles. The summed E-state index contributed by atoms with van der Waals surface area (Å²) < 4.78 is 0. The molecule has 0 bridgehead atoms. The minimum Gasteiger partial charge on any atom is -0.399 e. The fraction of sp³-hybridized carbons (Fsp3) is 0.588. The van der Waals surface area contributed by atoms with Gasteiger partial charge in [0.05, 0.1) is 0 Å². The third-order valence-corrected chi connectivity index (χ3v) is 4.45. The summed E-state index contributed by atoms with van der Waals surface area (Å²) in [7, 11) is 2.15. The summed E-state index contributed by atoms with van der Waals surface area (Å²) in [4.78, 5) is 14.4. The van der Waals surface area contributed by atoms with Crippen LogP contribution in [0.1, 0.15) is 44.1 Å². The van der Waals surface area contributed by atoms with Gasteiger partial charge < -0.3 is 16.0 Å². The van der Waals surface area contributed by atoms with Crippen molar-refractivity contribution >= 4 is 11.6 Å². The molecule has 2 rings (SSSR count). The number of carbonyl (C=O) groups is 1. The van der Waals surface area contributed by atoms with Gasteiger partial charge in [-0.05, 0) is 50.0 Å². The van der Waals surface area contributed by atoms with Crippen molar-refractivity contribution in [3.05, 3.63) is 29.8 Å². The van der Waals surface area contributed by atoms with Crippen molar-refractivity contribution in [2.24, 2.45) is 0 Å². The van der Waals surface area contributed by atoms with Crippen LogP contribution in [0.2, 0.25) is 0 Å². The Morgan fingerprint density at radius 1 is 1.38 bits per heavy atom. The van der Waals surface area contributed by atoms with Crippen LogP contribution in [0.15, 0.2) is 24.3 Å². The first-order valence-corrected chi connectivity index (χ1v) is 7.88. The third kappa shape index (κ3) is 4.74. The highest BCUT2D eigenvalue weighted by Gasteiger charge is 2.19. The van der Waals surface area contributed by atoms with E-state index in [1.165, 1.54) is 19.3 Å². The Morgan fingerprint density at radius 3 is 2.76 bits per heavy atom. The number of likely N-dealkylation sites (tertiary alicyclic amines) is 1. The molecular formula is C17H27N3O. The van der Waals surface area contributed by atoms with Crippen molar-refractivity contribution in [3.63, 3.8) is 0 Å². The van der Waals surface area contributed by atoms with E-state index in [4.69, 9.17) is 5.73 Å². The Balaban J connectivity index is 1.77. The summed E-state index contributed by atoms with van der Waals surface area (Å²) >= 11 is 0. The second-order valence-electron chi connectivity index (χ2n) is 6.21. The Morgan fingerprint density at radius 2 is 2.10 bits per heavy atom. The SMILES string of the molecule is CC(CC(=O)NCC1CCCCN1C)c1ccc(N)cc1. The van der Waals surface area contributed by atoms with E-state index < -0.39 is 0 Å². The van der Waals surface area contributed by atoms with Crippen molar-refractivity contribution in [2.75, 3.05) is 25.9 Å². The third-order valence-electron chi connectivity index (χ3n) is 4.45. The molecule has 116 valence electrons. The van der Waals surface area contributed by atoms with Gasteiger partial charge in [-0.1, -0.05) is 25.5 Å². The Hall–Kier alpha value is -1.55. The van der Waals surface area contributed by atoms with Crippen LogP contribution in [-0.4, -0.2) is 37.0 Å². The minimum absolute atomic E-state index is 0.137. The molecule has 2 unspecified atom stereocenters. The monoisotopic (exact) mass is 289 g/mol. The van der Waals surface area contributed by atoms with Crippen LogP contribution in [-0.2, 0) is 4.79 Å². The molecular weight excluding hydrogens is 262 g/mol. The molecule has 0 radical (unpaired) electrons. The summed E-state index contributed by atoms with van der Waals surface area (Å²) in [5, 5.41) is 3.09. The molecule has 1 heterocycles. The van der Waals surface area contributed by atoms with Gasteiger partial charge in [0.15, 0.2) is 0 Å². The number of piperidine rings is 1. The molecule has 1 aliphatic rings. The summed E-state index contributed by atoms with van der Waals surface area (Å²) in [5.74, 6) is 0.355. The number of nitrogen functional groups attached to an aromatic ring is 1. The standard InChI is InChI=1S/C17H27N3O/c1-13(14-6-8-15(18)9-7-14)11-17(21)19-12-16-5-3-4-10-20(16)2/h6-9,13,16H,3-5,10-12,18H2,1-2H3,(H,19,21). The van der Waals surface area contributed by atoms with Gasteiger partial charge in [0.25, 0.3) is 0 Å². The van der Waals surface area contributed by atoms with E-state index in [0.29, 0.717) is 12.5 Å². The van der Waals surface area contributed by atoms with E-state index in [1.807, 2.05) is 24.3 Å². The van der Waals surface area contributed by atoms with Crippen LogP contribution in [0, 0.1) is 0 Å². The van der Waals surface area contributed by atoms with Gasteiger partial charge in [-0.15, -0.1) is 0 Å². The fourth-order valence-electron chi connectivity index (χ4n) is 2.93. The quantitative estimate of drug-likeness (QED) is 0.818. The summed E-state index contributed by atoms with van der Waals surface area (Å²) in [6.45, 7) is 3.99. The van der Waals surface area contributed by atoms with Gasteiger partial charge in [0.2, 0.25) is 5.91 Å². The smallest absolute Gasteiger partial charge is 0.220 e. The van der Waals surface area contributed by atoms with Crippen molar-refractivity contribution in [3.8, 4) is 0 Å². The zero-order valence-corrected chi connectivity index (χ0v) is 13.1. The molecule has 1 saturated heterocycles. The Bertz CT molecular complexity index is 458. The molecule has 2 atom stereocenters. The van der Waals surface area contributed by atoms with Gasteiger partial charge in [-0.25, -0.2) is 0 Å². The number of amides is 1. The lowest BCUT2D eigenvalue weighted by Gasteiger charge is -2.32. The average molecular weight is 289 g/mol. The van der Waals surface area contributed by atoms with Gasteiger partial charge in [0, 0.05) is 24.7 Å². The zero-order valence-electron chi connectivity index (χ0n) is 13.1. The highest BCUT2D eigenvalue weighted by molar-refractivity contribution is 5.76. The maximum absolute atomic E-state index is 12.1. The molecule has 1 amide bonds. The van der Waals surface area contributed by atoms with Crippen LogP contribution in [0.4, 0.5) is 5.69 Å². The van der Waals surface area contributed by atoms with Crippen molar-refractivity contribution in [2.45, 2.75) is 44.6 Å². The summed E-state index contributed by atoms with van der Waals surface area (Å²) in [6.07, 6.45) is 4.26. The molecule has 3 N–H and O–H groups in total. The first-order chi connectivity index (χ1) is 10.1. The maximum Gasteiger partial charge on any atom is 0.220 e. The lowest BCUT2D eigenvalue weighted by atomic mass is 9.97. The van der Waals surface area contributed by atoms with E-state index in [-0.39, 0.29) is 11.8 Å². The van der Waals surface area contributed by atoms with E-state index in [9.17, 15) is 4.79 Å². The average Bonchev–Trinajstić information content (AvgIpc) is 2.47. The van der Waals surface area contributed by atoms with E-state index in [1.54, 1.807) is 0 Å². The number of hydrogen-bond acceptors (Lipinski definition) is 3. The van der Waals surface area contributed by atoms with Gasteiger partial charge in [-0.3, -0.25) is 4.79 Å². The molecule has 21 heavy (non-hydrogen) atoms. The number of carbonyl (C=O) groups excluding carboxylic acids is 1. The molecule has 1 fully saturated rings. The molecule has 0 aliphatic carbocycles. The van der Waals surface area contributed by atoms with Gasteiger partial charge >= 0.3 is 0 Å². The van der Waals surface area contributed by atoms with Crippen LogP contribution in [0.3, 0.4) is 0 Å². The van der Waals surface area contributed by atoms with Crippen molar-refractivity contribution < 1.29 is 4.79 Å². The number of benzene rings is 1. The second-order valence-corrected chi connectivity index (χ2v) is 6.21. The molecule has 1 aliphatic heterocycles. The lowest BCUT2D eigenvalue weighted by molar-refractivity contribution is -0.121. The molecule has 1 aromatic rings. The lowest BCUT2D eigenvalue weighted by Crippen LogP contribution is -2.44. The minimum atomic E-state index is 0.137. The number of anilines is 1. The number of nitrogens with two attached hydrogens (primary N) is 1. The Kier molecular flexibility index (Phi) is 5.62. The number of likely N-dealkylation sites (N-methyl/N-ethyl adjacent to an activating group) is 1. The molecule has 4 heteroatoms. The Labute approximate surface area is 127 Å². The summed E-state index contributed by atoms with van der Waals surface area (Å²) in [6, 6.07) is 8.28. The summed E-state index contributed by atoms with van der Waals surface area (Å²) in [5.41, 5.74) is 7.61. The van der Waals surface area contributed by atoms with Crippen molar-refractivity contribution in [1.29, 1.82) is 0 Å². The van der Waals surface area contributed by atoms with Crippen LogP contribution >= 0.6 is 0 Å².